The van der Waals surface area contributed by atoms with Crippen molar-refractivity contribution in [2.75, 3.05) is 6.54 Å². The Bertz CT molecular complexity index is 582. The monoisotopic (exact) mass is 283 g/mol. The summed E-state index contributed by atoms with van der Waals surface area (Å²) in [6.45, 7) is 2.57. The molecule has 0 spiro atoms. The van der Waals surface area contributed by atoms with Crippen LogP contribution in [0.3, 0.4) is 0 Å². The van der Waals surface area contributed by atoms with Crippen LogP contribution in [0.2, 0.25) is 0 Å². The fourth-order valence-corrected chi connectivity index (χ4v) is 3.17. The number of carboxylic acids is 1. The predicted molar refractivity (Wildman–Crippen MR) is 71.3 cm³/mol. The molecule has 104 valence electrons. The lowest BCUT2D eigenvalue weighted by molar-refractivity contribution is 0.0696. The summed E-state index contributed by atoms with van der Waals surface area (Å²) in [6, 6.07) is 6.00. The highest BCUT2D eigenvalue weighted by Crippen LogP contribution is 2.36. The van der Waals surface area contributed by atoms with Crippen LogP contribution in [-0.2, 0) is 15.8 Å². The van der Waals surface area contributed by atoms with Crippen LogP contribution < -0.4 is 4.72 Å². The Balaban J connectivity index is 1.98. The number of benzene rings is 1. The molecule has 1 aromatic rings. The van der Waals surface area contributed by atoms with E-state index >= 15 is 0 Å². The molecule has 0 aromatic heterocycles. The molecular formula is C13H17NO4S. The molecular weight excluding hydrogens is 266 g/mol. The van der Waals surface area contributed by atoms with E-state index in [9.17, 15) is 13.2 Å². The van der Waals surface area contributed by atoms with Gasteiger partial charge in [0, 0.05) is 6.54 Å². The first-order valence-electron chi connectivity index (χ1n) is 6.17. The summed E-state index contributed by atoms with van der Waals surface area (Å²) in [4.78, 5) is 10.8. The molecule has 1 aliphatic rings. The Hall–Kier alpha value is -1.40. The van der Waals surface area contributed by atoms with Crippen LogP contribution >= 0.6 is 0 Å². The molecule has 0 radical (unpaired) electrons. The van der Waals surface area contributed by atoms with Crippen molar-refractivity contribution in [2.45, 2.75) is 19.1 Å². The van der Waals surface area contributed by atoms with Crippen LogP contribution in [0.25, 0.3) is 0 Å². The topological polar surface area (TPSA) is 83.5 Å². The molecule has 5 nitrogen and oxygen atoms in total. The molecule has 0 bridgehead atoms. The summed E-state index contributed by atoms with van der Waals surface area (Å²) in [5.74, 6) is -0.202. The van der Waals surface area contributed by atoms with Crippen LogP contribution in [0, 0.1) is 11.8 Å². The Morgan fingerprint density at radius 3 is 2.74 bits per heavy atom. The van der Waals surface area contributed by atoms with Crippen LogP contribution in [0.1, 0.15) is 29.3 Å². The van der Waals surface area contributed by atoms with Gasteiger partial charge in [-0.1, -0.05) is 19.1 Å². The lowest BCUT2D eigenvalue weighted by Crippen LogP contribution is -2.27. The largest absolute Gasteiger partial charge is 0.478 e. The summed E-state index contributed by atoms with van der Waals surface area (Å²) >= 11 is 0. The lowest BCUT2D eigenvalue weighted by atomic mass is 10.1. The zero-order valence-electron chi connectivity index (χ0n) is 10.7. The van der Waals surface area contributed by atoms with Crippen LogP contribution in [0.15, 0.2) is 24.3 Å². The van der Waals surface area contributed by atoms with Crippen molar-refractivity contribution in [3.05, 3.63) is 35.4 Å². The lowest BCUT2D eigenvalue weighted by Gasteiger charge is -2.07. The number of nitrogens with one attached hydrogen (secondary N) is 1. The first-order chi connectivity index (χ1) is 8.87. The van der Waals surface area contributed by atoms with Crippen molar-refractivity contribution >= 4 is 16.0 Å². The second-order valence-corrected chi connectivity index (χ2v) is 6.89. The maximum absolute atomic E-state index is 11.9. The average Bonchev–Trinajstić information content (AvgIpc) is 3.03. The molecule has 19 heavy (non-hydrogen) atoms. The van der Waals surface area contributed by atoms with E-state index in [1.165, 1.54) is 12.1 Å². The number of hydrogen-bond donors (Lipinski definition) is 2. The summed E-state index contributed by atoms with van der Waals surface area (Å²) in [6.07, 6.45) is 1.07. The Kier molecular flexibility index (Phi) is 3.91. The average molecular weight is 283 g/mol. The zero-order chi connectivity index (χ0) is 14.0. The Labute approximate surface area is 112 Å². The molecule has 0 aliphatic heterocycles. The number of carboxylic acid groups (broad SMARTS) is 1. The molecule has 1 fully saturated rings. The smallest absolute Gasteiger partial charge is 0.335 e. The van der Waals surface area contributed by atoms with Crippen LogP contribution in [0.5, 0.6) is 0 Å². The van der Waals surface area contributed by atoms with Crippen molar-refractivity contribution in [3.63, 3.8) is 0 Å². The van der Waals surface area contributed by atoms with E-state index < -0.39 is 16.0 Å². The van der Waals surface area contributed by atoms with E-state index in [0.717, 1.165) is 6.42 Å². The second kappa shape index (κ2) is 5.30. The fourth-order valence-electron chi connectivity index (χ4n) is 1.98. The van der Waals surface area contributed by atoms with Gasteiger partial charge < -0.3 is 5.11 Å². The SMILES string of the molecule is CC1CC1CNS(=O)(=O)Cc1cccc(C(=O)O)c1. The van der Waals surface area contributed by atoms with Crippen molar-refractivity contribution in [3.8, 4) is 0 Å². The number of sulfonamides is 1. The predicted octanol–water partition coefficient (Wildman–Crippen LogP) is 1.46. The fraction of sp³-hybridized carbons (Fsp3) is 0.462. The van der Waals surface area contributed by atoms with Gasteiger partial charge in [0.15, 0.2) is 0 Å². The van der Waals surface area contributed by atoms with Gasteiger partial charge in [0.25, 0.3) is 0 Å². The van der Waals surface area contributed by atoms with E-state index in [4.69, 9.17) is 5.11 Å². The molecule has 2 N–H and O–H groups in total. The van der Waals surface area contributed by atoms with Gasteiger partial charge in [0.2, 0.25) is 10.0 Å². The van der Waals surface area contributed by atoms with Gasteiger partial charge in [-0.2, -0.15) is 0 Å². The van der Waals surface area contributed by atoms with E-state index in [0.29, 0.717) is 23.9 Å². The van der Waals surface area contributed by atoms with Gasteiger partial charge in [-0.05, 0) is 36.0 Å². The molecule has 2 rings (SSSR count). The van der Waals surface area contributed by atoms with E-state index in [1.54, 1.807) is 12.1 Å². The quantitative estimate of drug-likeness (QED) is 0.828. The minimum Gasteiger partial charge on any atom is -0.478 e. The third-order valence-electron chi connectivity index (χ3n) is 3.37. The highest BCUT2D eigenvalue weighted by atomic mass is 32.2. The molecule has 0 heterocycles. The third kappa shape index (κ3) is 4.04. The summed E-state index contributed by atoms with van der Waals surface area (Å²) in [7, 11) is -3.40. The van der Waals surface area contributed by atoms with Crippen LogP contribution in [0.4, 0.5) is 0 Å². The minimum absolute atomic E-state index is 0.100. The molecule has 1 aliphatic carbocycles. The number of rotatable bonds is 6. The molecule has 2 unspecified atom stereocenters. The van der Waals surface area contributed by atoms with Gasteiger partial charge in [-0.3, -0.25) is 0 Å². The standard InChI is InChI=1S/C13H17NO4S/c1-9-5-12(9)7-14-19(17,18)8-10-3-2-4-11(6-10)13(15)16/h2-4,6,9,12,14H,5,7-8H2,1H3,(H,15,16). The molecule has 2 atom stereocenters. The van der Waals surface area contributed by atoms with Gasteiger partial charge in [0.05, 0.1) is 11.3 Å². The Morgan fingerprint density at radius 1 is 1.47 bits per heavy atom. The van der Waals surface area contributed by atoms with E-state index in [-0.39, 0.29) is 11.3 Å². The molecule has 0 amide bonds. The van der Waals surface area contributed by atoms with E-state index in [2.05, 4.69) is 11.6 Å². The van der Waals surface area contributed by atoms with Gasteiger partial charge in [0.1, 0.15) is 0 Å². The highest BCUT2D eigenvalue weighted by molar-refractivity contribution is 7.88. The minimum atomic E-state index is -3.40. The zero-order valence-corrected chi connectivity index (χ0v) is 11.5. The van der Waals surface area contributed by atoms with Gasteiger partial charge in [-0.25, -0.2) is 17.9 Å². The number of aromatic carboxylic acids is 1. The maximum Gasteiger partial charge on any atom is 0.335 e. The summed E-state index contributed by atoms with van der Waals surface area (Å²) in [5.41, 5.74) is 0.583. The first kappa shape index (κ1) is 14.0. The van der Waals surface area contributed by atoms with Crippen molar-refractivity contribution in [1.82, 2.24) is 4.72 Å². The van der Waals surface area contributed by atoms with Gasteiger partial charge >= 0.3 is 5.97 Å². The number of hydrogen-bond acceptors (Lipinski definition) is 3. The first-order valence-corrected chi connectivity index (χ1v) is 7.82. The highest BCUT2D eigenvalue weighted by Gasteiger charge is 2.33. The van der Waals surface area contributed by atoms with Crippen molar-refractivity contribution in [1.29, 1.82) is 0 Å². The van der Waals surface area contributed by atoms with Crippen LogP contribution in [-0.4, -0.2) is 26.0 Å². The van der Waals surface area contributed by atoms with Crippen molar-refractivity contribution in [2.24, 2.45) is 11.8 Å². The molecule has 0 saturated heterocycles. The second-order valence-electron chi connectivity index (χ2n) is 5.09. The van der Waals surface area contributed by atoms with Gasteiger partial charge in [-0.15, -0.1) is 0 Å². The third-order valence-corrected chi connectivity index (χ3v) is 4.69. The maximum atomic E-state index is 11.9. The summed E-state index contributed by atoms with van der Waals surface area (Å²) in [5, 5.41) is 8.86. The van der Waals surface area contributed by atoms with E-state index in [1.807, 2.05) is 0 Å². The van der Waals surface area contributed by atoms with Crippen molar-refractivity contribution < 1.29 is 18.3 Å². The molecule has 1 aromatic carbocycles. The number of carbonyl (C=O) groups is 1. The normalized spacial score (nSPS) is 22.2. The Morgan fingerprint density at radius 2 is 2.16 bits per heavy atom. The summed E-state index contributed by atoms with van der Waals surface area (Å²) < 4.78 is 26.3. The molecule has 6 heteroatoms. The molecule has 1 saturated carbocycles.